The van der Waals surface area contributed by atoms with Crippen molar-refractivity contribution in [3.8, 4) is 0 Å². The predicted octanol–water partition coefficient (Wildman–Crippen LogP) is 2.81. The number of cyclic esters (lactones) is 1. The molecule has 0 amide bonds. The van der Waals surface area contributed by atoms with Crippen LogP contribution >= 0.6 is 0 Å². The van der Waals surface area contributed by atoms with E-state index < -0.39 is 0 Å². The summed E-state index contributed by atoms with van der Waals surface area (Å²) in [6.07, 6.45) is 1.60. The van der Waals surface area contributed by atoms with Crippen LogP contribution in [0.4, 0.5) is 0 Å². The Morgan fingerprint density at radius 3 is 2.21 bits per heavy atom. The van der Waals surface area contributed by atoms with Gasteiger partial charge in [-0.1, -0.05) is 45.0 Å². The fraction of sp³-hybridized carbons (Fsp3) is 0.650. The first-order valence-electron chi connectivity index (χ1n) is 9.14. The van der Waals surface area contributed by atoms with Crippen LogP contribution in [-0.2, 0) is 21.5 Å². The fourth-order valence-corrected chi connectivity index (χ4v) is 3.50. The molecule has 1 aromatic carbocycles. The van der Waals surface area contributed by atoms with E-state index in [4.69, 9.17) is 4.74 Å². The minimum atomic E-state index is -0.0302. The van der Waals surface area contributed by atoms with Gasteiger partial charge in [0, 0.05) is 45.7 Å². The lowest BCUT2D eigenvalue weighted by Crippen LogP contribution is -2.48. The molecule has 2 saturated heterocycles. The number of esters is 1. The number of nitrogens with zero attached hydrogens (tertiary/aromatic N) is 2. The van der Waals surface area contributed by atoms with Gasteiger partial charge in [-0.2, -0.15) is 0 Å². The summed E-state index contributed by atoms with van der Waals surface area (Å²) in [5, 5.41) is 0. The van der Waals surface area contributed by atoms with Crippen molar-refractivity contribution in [2.24, 2.45) is 0 Å². The highest BCUT2D eigenvalue weighted by molar-refractivity contribution is 5.71. The molecule has 0 aromatic heterocycles. The van der Waals surface area contributed by atoms with E-state index in [9.17, 15) is 4.79 Å². The van der Waals surface area contributed by atoms with Gasteiger partial charge < -0.3 is 4.74 Å². The Labute approximate surface area is 145 Å². The van der Waals surface area contributed by atoms with Gasteiger partial charge in [0.1, 0.15) is 6.10 Å². The van der Waals surface area contributed by atoms with E-state index in [0.29, 0.717) is 6.42 Å². The Morgan fingerprint density at radius 1 is 1.04 bits per heavy atom. The third-order valence-electron chi connectivity index (χ3n) is 5.12. The summed E-state index contributed by atoms with van der Waals surface area (Å²) < 4.78 is 5.33. The van der Waals surface area contributed by atoms with Crippen molar-refractivity contribution < 1.29 is 9.53 Å². The number of rotatable bonds is 4. The molecule has 4 heteroatoms. The van der Waals surface area contributed by atoms with Crippen LogP contribution in [0.15, 0.2) is 24.3 Å². The van der Waals surface area contributed by atoms with Crippen LogP contribution in [0, 0.1) is 0 Å². The molecule has 24 heavy (non-hydrogen) atoms. The van der Waals surface area contributed by atoms with Crippen LogP contribution < -0.4 is 0 Å². The zero-order chi connectivity index (χ0) is 17.2. The molecule has 1 atom stereocenters. The summed E-state index contributed by atoms with van der Waals surface area (Å²) in [5.74, 6) is -0.0302. The van der Waals surface area contributed by atoms with Crippen molar-refractivity contribution in [2.45, 2.75) is 51.7 Å². The van der Waals surface area contributed by atoms with Gasteiger partial charge in [-0.15, -0.1) is 0 Å². The van der Waals surface area contributed by atoms with Crippen LogP contribution in [-0.4, -0.2) is 54.6 Å². The molecule has 0 aliphatic carbocycles. The van der Waals surface area contributed by atoms with Gasteiger partial charge in [-0.3, -0.25) is 14.6 Å². The largest absolute Gasteiger partial charge is 0.461 e. The zero-order valence-electron chi connectivity index (χ0n) is 15.3. The van der Waals surface area contributed by atoms with E-state index in [1.54, 1.807) is 0 Å². The molecule has 0 bridgehead atoms. The van der Waals surface area contributed by atoms with Gasteiger partial charge in [0.15, 0.2) is 0 Å². The first-order valence-corrected chi connectivity index (χ1v) is 9.14. The van der Waals surface area contributed by atoms with Gasteiger partial charge >= 0.3 is 5.97 Å². The van der Waals surface area contributed by atoms with E-state index in [1.807, 2.05) is 0 Å². The molecule has 132 valence electrons. The second-order valence-electron chi connectivity index (χ2n) is 8.17. The molecule has 1 unspecified atom stereocenters. The van der Waals surface area contributed by atoms with Gasteiger partial charge in [-0.25, -0.2) is 0 Å². The van der Waals surface area contributed by atoms with Crippen molar-refractivity contribution >= 4 is 5.97 Å². The molecular weight excluding hydrogens is 300 g/mol. The number of hydrogen-bond donors (Lipinski definition) is 0. The maximum absolute atomic E-state index is 11.2. The second kappa shape index (κ2) is 7.24. The highest BCUT2D eigenvalue weighted by atomic mass is 16.5. The Bertz CT molecular complexity index is 554. The Morgan fingerprint density at radius 2 is 1.67 bits per heavy atom. The topological polar surface area (TPSA) is 32.8 Å². The molecule has 2 heterocycles. The average Bonchev–Trinajstić information content (AvgIpc) is 2.94. The summed E-state index contributed by atoms with van der Waals surface area (Å²) in [4.78, 5) is 16.1. The molecule has 1 aromatic rings. The Kier molecular flexibility index (Phi) is 5.26. The van der Waals surface area contributed by atoms with Crippen LogP contribution in [0.3, 0.4) is 0 Å². The number of carbonyl (C=O) groups is 1. The van der Waals surface area contributed by atoms with E-state index in [2.05, 4.69) is 54.8 Å². The quantitative estimate of drug-likeness (QED) is 0.795. The molecule has 0 N–H and O–H groups in total. The molecule has 0 saturated carbocycles. The first-order chi connectivity index (χ1) is 11.4. The van der Waals surface area contributed by atoms with E-state index in [0.717, 1.165) is 45.7 Å². The number of carbonyl (C=O) groups excluding carboxylic acids is 1. The minimum Gasteiger partial charge on any atom is -0.461 e. The number of ether oxygens (including phenoxy) is 1. The molecule has 2 fully saturated rings. The predicted molar refractivity (Wildman–Crippen MR) is 96.0 cm³/mol. The third-order valence-corrected chi connectivity index (χ3v) is 5.12. The lowest BCUT2D eigenvalue weighted by Gasteiger charge is -2.35. The molecule has 0 radical (unpaired) electrons. The van der Waals surface area contributed by atoms with Crippen molar-refractivity contribution in [3.05, 3.63) is 35.4 Å². The van der Waals surface area contributed by atoms with E-state index >= 15 is 0 Å². The van der Waals surface area contributed by atoms with Crippen molar-refractivity contribution in [2.75, 3.05) is 32.7 Å². The summed E-state index contributed by atoms with van der Waals surface area (Å²) in [6, 6.07) is 9.07. The molecule has 4 nitrogen and oxygen atoms in total. The van der Waals surface area contributed by atoms with E-state index in [1.165, 1.54) is 11.1 Å². The van der Waals surface area contributed by atoms with Gasteiger partial charge in [-0.05, 0) is 23.0 Å². The summed E-state index contributed by atoms with van der Waals surface area (Å²) in [5.41, 5.74) is 3.00. The standard InChI is InChI=1S/C20H30N2O2/c1-20(2,3)17-6-4-16(5-7-17)14-21-10-12-22(13-11-21)15-18-8-9-19(23)24-18/h4-7,18H,8-15H2,1-3H3. The number of hydrogen-bond acceptors (Lipinski definition) is 4. The summed E-state index contributed by atoms with van der Waals surface area (Å²) >= 11 is 0. The number of benzene rings is 1. The maximum atomic E-state index is 11.2. The molecular formula is C20H30N2O2. The lowest BCUT2D eigenvalue weighted by molar-refractivity contribution is -0.142. The van der Waals surface area contributed by atoms with Gasteiger partial charge in [0.25, 0.3) is 0 Å². The molecule has 0 spiro atoms. The molecule has 3 rings (SSSR count). The third kappa shape index (κ3) is 4.58. The number of piperazine rings is 1. The smallest absolute Gasteiger partial charge is 0.306 e. The highest BCUT2D eigenvalue weighted by Gasteiger charge is 2.27. The van der Waals surface area contributed by atoms with Crippen LogP contribution in [0.1, 0.15) is 44.7 Å². The normalized spacial score (nSPS) is 23.5. The van der Waals surface area contributed by atoms with E-state index in [-0.39, 0.29) is 17.5 Å². The van der Waals surface area contributed by atoms with Crippen LogP contribution in [0.5, 0.6) is 0 Å². The van der Waals surface area contributed by atoms with Crippen molar-refractivity contribution in [1.29, 1.82) is 0 Å². The SMILES string of the molecule is CC(C)(C)c1ccc(CN2CCN(CC3CCC(=O)O3)CC2)cc1. The lowest BCUT2D eigenvalue weighted by atomic mass is 9.87. The second-order valence-corrected chi connectivity index (χ2v) is 8.17. The highest BCUT2D eigenvalue weighted by Crippen LogP contribution is 2.23. The van der Waals surface area contributed by atoms with Gasteiger partial charge in [0.2, 0.25) is 0 Å². The Hall–Kier alpha value is -1.39. The zero-order valence-corrected chi connectivity index (χ0v) is 15.3. The van der Waals surface area contributed by atoms with Gasteiger partial charge in [0.05, 0.1) is 0 Å². The molecule has 2 aliphatic rings. The first kappa shape index (κ1) is 17.4. The summed E-state index contributed by atoms with van der Waals surface area (Å²) in [7, 11) is 0. The Balaban J connectivity index is 1.44. The average molecular weight is 330 g/mol. The van der Waals surface area contributed by atoms with Crippen molar-refractivity contribution in [3.63, 3.8) is 0 Å². The fourth-order valence-electron chi connectivity index (χ4n) is 3.50. The maximum Gasteiger partial charge on any atom is 0.306 e. The van der Waals surface area contributed by atoms with Crippen LogP contribution in [0.25, 0.3) is 0 Å². The minimum absolute atomic E-state index is 0.0302. The monoisotopic (exact) mass is 330 g/mol. The summed E-state index contributed by atoms with van der Waals surface area (Å²) in [6.45, 7) is 13.0. The van der Waals surface area contributed by atoms with Crippen molar-refractivity contribution in [1.82, 2.24) is 9.80 Å². The van der Waals surface area contributed by atoms with Crippen LogP contribution in [0.2, 0.25) is 0 Å². The molecule has 2 aliphatic heterocycles.